The Morgan fingerprint density at radius 3 is 2.62 bits per heavy atom. The highest BCUT2D eigenvalue weighted by atomic mass is 35.5. The maximum atomic E-state index is 11.1. The number of alkyl halides is 2. The summed E-state index contributed by atoms with van der Waals surface area (Å²) >= 11 is 10.7. The number of amides is 1. The Labute approximate surface area is 101 Å². The van der Waals surface area contributed by atoms with Crippen molar-refractivity contribution in [1.29, 1.82) is 0 Å². The third-order valence-corrected chi connectivity index (χ3v) is 2.27. The lowest BCUT2D eigenvalue weighted by Gasteiger charge is -2.06. The van der Waals surface area contributed by atoms with Crippen LogP contribution in [0.15, 0.2) is 18.2 Å². The molecule has 0 heterocycles. The maximum Gasteiger partial charge on any atom is 0.274 e. The molecule has 0 radical (unpaired) electrons. The summed E-state index contributed by atoms with van der Waals surface area (Å²) in [5, 5.41) is 13.0. The Bertz CT molecular complexity index is 435. The van der Waals surface area contributed by atoms with Crippen LogP contribution in [-0.2, 0) is 4.79 Å². The minimum atomic E-state index is -1.21. The second-order valence-corrected chi connectivity index (χ2v) is 4.14. The lowest BCUT2D eigenvalue weighted by atomic mass is 10.2. The van der Waals surface area contributed by atoms with Crippen molar-refractivity contribution in [2.24, 2.45) is 0 Å². The fourth-order valence-electron chi connectivity index (χ4n) is 1.08. The Hall–Kier alpha value is -1.33. The zero-order valence-electron chi connectivity index (χ0n) is 8.24. The number of nitrogens with one attached hydrogen (secondary N) is 1. The molecule has 1 aromatic carbocycles. The van der Waals surface area contributed by atoms with E-state index in [-0.39, 0.29) is 11.4 Å². The van der Waals surface area contributed by atoms with Crippen LogP contribution in [0.1, 0.15) is 5.56 Å². The molecule has 1 N–H and O–H groups in total. The first-order valence-electron chi connectivity index (χ1n) is 4.26. The summed E-state index contributed by atoms with van der Waals surface area (Å²) in [5.74, 6) is -0.624. The van der Waals surface area contributed by atoms with Crippen molar-refractivity contribution in [2.45, 2.75) is 11.8 Å². The summed E-state index contributed by atoms with van der Waals surface area (Å²) in [4.78, 5) is 20.0. The molecule has 1 aromatic rings. The van der Waals surface area contributed by atoms with Crippen molar-refractivity contribution in [2.75, 3.05) is 5.32 Å². The molecule has 0 aliphatic heterocycles. The van der Waals surface area contributed by atoms with Crippen LogP contribution in [-0.4, -0.2) is 15.7 Å². The second kappa shape index (κ2) is 5.14. The van der Waals surface area contributed by atoms with Gasteiger partial charge in [-0.2, -0.15) is 0 Å². The average molecular weight is 263 g/mol. The molecule has 86 valence electrons. The molecule has 0 aromatic heterocycles. The Kier molecular flexibility index (Phi) is 4.09. The van der Waals surface area contributed by atoms with Gasteiger partial charge in [0.1, 0.15) is 0 Å². The minimum Gasteiger partial charge on any atom is -0.323 e. The van der Waals surface area contributed by atoms with Crippen molar-refractivity contribution in [3.63, 3.8) is 0 Å². The van der Waals surface area contributed by atoms with Crippen molar-refractivity contribution in [1.82, 2.24) is 0 Å². The summed E-state index contributed by atoms with van der Waals surface area (Å²) in [6.45, 7) is 1.61. The molecule has 0 aliphatic rings. The first kappa shape index (κ1) is 12.7. The Morgan fingerprint density at radius 1 is 1.50 bits per heavy atom. The van der Waals surface area contributed by atoms with E-state index in [4.69, 9.17) is 23.2 Å². The lowest BCUT2D eigenvalue weighted by Crippen LogP contribution is -2.18. The zero-order valence-corrected chi connectivity index (χ0v) is 9.75. The molecule has 16 heavy (non-hydrogen) atoms. The van der Waals surface area contributed by atoms with Crippen molar-refractivity contribution in [3.05, 3.63) is 33.9 Å². The maximum absolute atomic E-state index is 11.1. The van der Waals surface area contributed by atoms with E-state index in [0.29, 0.717) is 5.56 Å². The van der Waals surface area contributed by atoms with Gasteiger partial charge in [-0.05, 0) is 13.0 Å². The van der Waals surface area contributed by atoms with Crippen LogP contribution in [0.4, 0.5) is 11.4 Å². The number of halogens is 2. The molecule has 0 saturated heterocycles. The molecule has 0 unspecified atom stereocenters. The number of anilines is 1. The second-order valence-electron chi connectivity index (χ2n) is 3.05. The van der Waals surface area contributed by atoms with Crippen LogP contribution in [0.5, 0.6) is 0 Å². The van der Waals surface area contributed by atoms with Gasteiger partial charge in [0.15, 0.2) is 4.84 Å². The molecule has 7 heteroatoms. The SMILES string of the molecule is Cc1ccc(NC(=O)C(Cl)Cl)cc1[N+](=O)[O-]. The molecule has 0 fully saturated rings. The fourth-order valence-corrected chi connectivity index (χ4v) is 1.19. The molecular weight excluding hydrogens is 255 g/mol. The van der Waals surface area contributed by atoms with Crippen LogP contribution in [0.25, 0.3) is 0 Å². The predicted molar refractivity (Wildman–Crippen MR) is 62.0 cm³/mol. The van der Waals surface area contributed by atoms with Gasteiger partial charge in [0.2, 0.25) is 0 Å². The Balaban J connectivity index is 2.95. The normalized spacial score (nSPS) is 10.2. The summed E-state index contributed by atoms with van der Waals surface area (Å²) in [6, 6.07) is 4.32. The van der Waals surface area contributed by atoms with Crippen molar-refractivity contribution in [3.8, 4) is 0 Å². The number of aryl methyl sites for hydroxylation is 1. The largest absolute Gasteiger partial charge is 0.323 e. The summed E-state index contributed by atoms with van der Waals surface area (Å²) in [5.41, 5.74) is 0.725. The number of nitro benzene ring substituents is 1. The van der Waals surface area contributed by atoms with Crippen LogP contribution < -0.4 is 5.32 Å². The van der Waals surface area contributed by atoms with Gasteiger partial charge in [0.25, 0.3) is 11.6 Å². The quantitative estimate of drug-likeness (QED) is 0.517. The van der Waals surface area contributed by atoms with Gasteiger partial charge in [0, 0.05) is 17.3 Å². The predicted octanol–water partition coefficient (Wildman–Crippen LogP) is 2.65. The number of hydrogen-bond donors (Lipinski definition) is 1. The number of nitrogens with zero attached hydrogens (tertiary/aromatic N) is 1. The molecule has 0 bridgehead atoms. The van der Waals surface area contributed by atoms with E-state index in [1.807, 2.05) is 0 Å². The first-order chi connectivity index (χ1) is 7.41. The molecule has 0 saturated carbocycles. The van der Waals surface area contributed by atoms with Gasteiger partial charge in [-0.1, -0.05) is 29.3 Å². The van der Waals surface area contributed by atoms with E-state index in [9.17, 15) is 14.9 Å². The number of nitro groups is 1. The van der Waals surface area contributed by atoms with E-state index in [0.717, 1.165) is 0 Å². The number of rotatable bonds is 3. The monoisotopic (exact) mass is 262 g/mol. The summed E-state index contributed by atoms with van der Waals surface area (Å²) in [6.07, 6.45) is 0. The fraction of sp³-hybridized carbons (Fsp3) is 0.222. The topological polar surface area (TPSA) is 72.2 Å². The van der Waals surface area contributed by atoms with Gasteiger partial charge in [-0.25, -0.2) is 0 Å². The highest BCUT2D eigenvalue weighted by molar-refractivity contribution is 6.54. The summed E-state index contributed by atoms with van der Waals surface area (Å²) < 4.78 is 0. The lowest BCUT2D eigenvalue weighted by molar-refractivity contribution is -0.385. The van der Waals surface area contributed by atoms with Gasteiger partial charge in [-0.15, -0.1) is 0 Å². The third kappa shape index (κ3) is 3.08. The van der Waals surface area contributed by atoms with E-state index in [1.54, 1.807) is 6.92 Å². The van der Waals surface area contributed by atoms with Gasteiger partial charge in [0.05, 0.1) is 4.92 Å². The summed E-state index contributed by atoms with van der Waals surface area (Å²) in [7, 11) is 0. The van der Waals surface area contributed by atoms with Gasteiger partial charge >= 0.3 is 0 Å². The van der Waals surface area contributed by atoms with Crippen LogP contribution in [0.3, 0.4) is 0 Å². The zero-order chi connectivity index (χ0) is 12.3. The molecular formula is C9H8Cl2N2O3. The molecule has 5 nitrogen and oxygen atoms in total. The van der Waals surface area contributed by atoms with Crippen molar-refractivity contribution >= 4 is 40.5 Å². The van der Waals surface area contributed by atoms with E-state index in [2.05, 4.69) is 5.32 Å². The number of carbonyl (C=O) groups is 1. The van der Waals surface area contributed by atoms with Crippen molar-refractivity contribution < 1.29 is 9.72 Å². The molecule has 0 atom stereocenters. The van der Waals surface area contributed by atoms with E-state index >= 15 is 0 Å². The molecule has 0 aliphatic carbocycles. The van der Waals surface area contributed by atoms with Crippen LogP contribution in [0.2, 0.25) is 0 Å². The van der Waals surface area contributed by atoms with E-state index in [1.165, 1.54) is 18.2 Å². The number of hydrogen-bond acceptors (Lipinski definition) is 3. The Morgan fingerprint density at radius 2 is 2.12 bits per heavy atom. The molecule has 1 rings (SSSR count). The first-order valence-corrected chi connectivity index (χ1v) is 5.13. The van der Waals surface area contributed by atoms with Crippen LogP contribution in [0, 0.1) is 17.0 Å². The van der Waals surface area contributed by atoms with Crippen LogP contribution >= 0.6 is 23.2 Å². The number of benzene rings is 1. The molecule has 0 spiro atoms. The highest BCUT2D eigenvalue weighted by Gasteiger charge is 2.15. The van der Waals surface area contributed by atoms with Gasteiger partial charge < -0.3 is 5.32 Å². The third-order valence-electron chi connectivity index (χ3n) is 1.87. The van der Waals surface area contributed by atoms with E-state index < -0.39 is 15.7 Å². The van der Waals surface area contributed by atoms with Gasteiger partial charge in [-0.3, -0.25) is 14.9 Å². The average Bonchev–Trinajstić information content (AvgIpc) is 2.20. The highest BCUT2D eigenvalue weighted by Crippen LogP contribution is 2.22. The molecule has 1 amide bonds. The standard InChI is InChI=1S/C9H8Cl2N2O3/c1-5-2-3-6(4-7(5)13(15)16)12-9(14)8(10)11/h2-4,8H,1H3,(H,12,14). The number of carbonyl (C=O) groups excluding carboxylic acids is 1. The minimum absolute atomic E-state index is 0.0708. The smallest absolute Gasteiger partial charge is 0.274 e.